The van der Waals surface area contributed by atoms with E-state index >= 15 is 0 Å². The lowest BCUT2D eigenvalue weighted by atomic mass is 10.1. The molecule has 0 saturated heterocycles. The Bertz CT molecular complexity index is 738. The predicted molar refractivity (Wildman–Crippen MR) is 85.4 cm³/mol. The van der Waals surface area contributed by atoms with Crippen molar-refractivity contribution >= 4 is 11.9 Å². The molecule has 7 heteroatoms. The third-order valence-corrected chi connectivity index (χ3v) is 3.36. The first kappa shape index (κ1) is 18.1. The zero-order valence-electron chi connectivity index (χ0n) is 13.0. The maximum absolute atomic E-state index is 13.0. The minimum Gasteiger partial charge on any atom is -0.502 e. The third kappa shape index (κ3) is 5.42. The Balaban J connectivity index is 2.24. The highest BCUT2D eigenvalue weighted by molar-refractivity contribution is 5.96. The van der Waals surface area contributed by atoms with Crippen LogP contribution >= 0.6 is 0 Å². The molecule has 0 unspecified atom stereocenters. The second-order valence-corrected chi connectivity index (χ2v) is 5.28. The zero-order chi connectivity index (χ0) is 18.4. The normalized spacial score (nSPS) is 11.2. The summed E-state index contributed by atoms with van der Waals surface area (Å²) in [5.41, 5.74) is 1.22. The van der Waals surface area contributed by atoms with E-state index in [2.05, 4.69) is 0 Å². The summed E-state index contributed by atoms with van der Waals surface area (Å²) in [6.45, 7) is 0.111. The van der Waals surface area contributed by atoms with Gasteiger partial charge in [-0.25, -0.2) is 13.6 Å². The fourth-order valence-corrected chi connectivity index (χ4v) is 2.10. The average molecular weight is 347 g/mol. The number of carbonyl (C=O) groups excluding carboxylic acids is 1. The van der Waals surface area contributed by atoms with Gasteiger partial charge in [-0.1, -0.05) is 24.3 Å². The number of carbonyl (C=O) groups is 2. The number of carboxylic acids is 1. The lowest BCUT2D eigenvalue weighted by molar-refractivity contribution is -0.136. The number of nitrogens with zero attached hydrogens (tertiary/aromatic N) is 1. The quantitative estimate of drug-likeness (QED) is 0.622. The van der Waals surface area contributed by atoms with E-state index in [1.807, 2.05) is 0 Å². The van der Waals surface area contributed by atoms with Crippen molar-refractivity contribution in [2.45, 2.75) is 13.1 Å². The molecule has 0 fully saturated rings. The molecule has 0 atom stereocenters. The van der Waals surface area contributed by atoms with E-state index in [1.165, 1.54) is 53.4 Å². The molecule has 0 radical (unpaired) electrons. The highest BCUT2D eigenvalue weighted by Crippen LogP contribution is 2.13. The minimum atomic E-state index is -1.63. The Hall–Kier alpha value is -3.22. The van der Waals surface area contributed by atoms with E-state index in [0.29, 0.717) is 17.2 Å². The van der Waals surface area contributed by atoms with Crippen LogP contribution in [0.4, 0.5) is 8.78 Å². The number of aliphatic carboxylic acids is 1. The Labute approximate surface area is 142 Å². The maximum atomic E-state index is 13.0. The molecule has 2 aromatic carbocycles. The number of carboxylic acid groups (broad SMARTS) is 1. The van der Waals surface area contributed by atoms with Crippen LogP contribution in [0.5, 0.6) is 0 Å². The van der Waals surface area contributed by atoms with Crippen LogP contribution < -0.4 is 0 Å². The molecule has 0 aliphatic carbocycles. The van der Waals surface area contributed by atoms with Crippen LogP contribution in [0.25, 0.3) is 0 Å². The van der Waals surface area contributed by atoms with Crippen LogP contribution in [0.3, 0.4) is 0 Å². The molecule has 130 valence electrons. The fraction of sp³-hybridized carbons (Fsp3) is 0.111. The summed E-state index contributed by atoms with van der Waals surface area (Å²) >= 11 is 0. The zero-order valence-corrected chi connectivity index (χ0v) is 13.0. The smallest absolute Gasteiger partial charge is 0.371 e. The van der Waals surface area contributed by atoms with E-state index in [9.17, 15) is 23.5 Å². The number of halogens is 2. The van der Waals surface area contributed by atoms with Gasteiger partial charge in [0.1, 0.15) is 11.6 Å². The third-order valence-electron chi connectivity index (χ3n) is 3.36. The molecule has 0 aliphatic heterocycles. The van der Waals surface area contributed by atoms with Gasteiger partial charge < -0.3 is 15.1 Å². The van der Waals surface area contributed by atoms with Crippen molar-refractivity contribution in [1.82, 2.24) is 4.90 Å². The molecule has 0 aliphatic rings. The lowest BCUT2D eigenvalue weighted by Gasteiger charge is -2.21. The van der Waals surface area contributed by atoms with Crippen molar-refractivity contribution in [3.8, 4) is 0 Å². The van der Waals surface area contributed by atoms with E-state index in [1.54, 1.807) is 0 Å². The topological polar surface area (TPSA) is 77.8 Å². The number of hydrogen-bond donors (Lipinski definition) is 2. The average Bonchev–Trinajstić information content (AvgIpc) is 2.58. The summed E-state index contributed by atoms with van der Waals surface area (Å²) in [5, 5.41) is 17.9. The molecule has 2 aromatic rings. The van der Waals surface area contributed by atoms with Gasteiger partial charge >= 0.3 is 5.97 Å². The van der Waals surface area contributed by atoms with Gasteiger partial charge in [-0.3, -0.25) is 4.79 Å². The second kappa shape index (κ2) is 8.05. The van der Waals surface area contributed by atoms with Gasteiger partial charge in [0.2, 0.25) is 5.76 Å². The standard InChI is InChI=1S/C18H15F2NO4/c19-14-5-1-12(2-6-14)10-21(17(23)9-16(22)18(24)25)11-13-3-7-15(20)8-4-13/h1-9,22H,10-11H2,(H,24,25). The summed E-state index contributed by atoms with van der Waals surface area (Å²) in [7, 11) is 0. The van der Waals surface area contributed by atoms with E-state index < -0.39 is 29.3 Å². The van der Waals surface area contributed by atoms with Gasteiger partial charge in [-0.2, -0.15) is 0 Å². The molecule has 0 spiro atoms. The lowest BCUT2D eigenvalue weighted by Crippen LogP contribution is -2.29. The fourth-order valence-electron chi connectivity index (χ4n) is 2.10. The first-order chi connectivity index (χ1) is 11.8. The number of aliphatic hydroxyl groups excluding tert-OH is 1. The Morgan fingerprint density at radius 3 is 1.60 bits per heavy atom. The summed E-state index contributed by atoms with van der Waals surface area (Å²) < 4.78 is 26.0. The molecular formula is C18H15F2NO4. The van der Waals surface area contributed by atoms with Gasteiger partial charge in [0.05, 0.1) is 6.08 Å². The molecule has 0 saturated carbocycles. The van der Waals surface area contributed by atoms with Gasteiger partial charge in [-0.05, 0) is 35.4 Å². The van der Waals surface area contributed by atoms with E-state index in [-0.39, 0.29) is 13.1 Å². The largest absolute Gasteiger partial charge is 0.502 e. The highest BCUT2D eigenvalue weighted by Gasteiger charge is 2.16. The maximum Gasteiger partial charge on any atom is 0.371 e. The van der Waals surface area contributed by atoms with Crippen LogP contribution in [0.2, 0.25) is 0 Å². The van der Waals surface area contributed by atoms with Crippen LogP contribution in [0, 0.1) is 11.6 Å². The molecule has 0 heterocycles. The van der Waals surface area contributed by atoms with E-state index in [4.69, 9.17) is 5.11 Å². The van der Waals surface area contributed by atoms with Crippen molar-refractivity contribution in [2.24, 2.45) is 0 Å². The van der Waals surface area contributed by atoms with Gasteiger partial charge in [-0.15, -0.1) is 0 Å². The second-order valence-electron chi connectivity index (χ2n) is 5.28. The molecule has 1 amide bonds. The van der Waals surface area contributed by atoms with Crippen molar-refractivity contribution in [3.05, 3.63) is 83.1 Å². The predicted octanol–water partition coefficient (Wildman–Crippen LogP) is 3.02. The summed E-state index contributed by atoms with van der Waals surface area (Å²) in [5.74, 6) is -4.31. The molecule has 0 bridgehead atoms. The monoisotopic (exact) mass is 347 g/mol. The first-order valence-corrected chi connectivity index (χ1v) is 7.27. The van der Waals surface area contributed by atoms with Crippen LogP contribution in [-0.4, -0.2) is 27.0 Å². The summed E-state index contributed by atoms with van der Waals surface area (Å²) in [6, 6.07) is 10.9. The first-order valence-electron chi connectivity index (χ1n) is 7.27. The van der Waals surface area contributed by atoms with Gasteiger partial charge in [0, 0.05) is 13.1 Å². The number of rotatable bonds is 6. The minimum absolute atomic E-state index is 0.0554. The Morgan fingerprint density at radius 2 is 1.24 bits per heavy atom. The van der Waals surface area contributed by atoms with E-state index in [0.717, 1.165) is 0 Å². The molecule has 0 aromatic heterocycles. The van der Waals surface area contributed by atoms with Crippen LogP contribution in [0.1, 0.15) is 11.1 Å². The number of benzene rings is 2. The van der Waals surface area contributed by atoms with Crippen molar-refractivity contribution in [2.75, 3.05) is 0 Å². The number of amides is 1. The van der Waals surface area contributed by atoms with Crippen LogP contribution in [-0.2, 0) is 22.7 Å². The molecule has 5 nitrogen and oxygen atoms in total. The Kier molecular flexibility index (Phi) is 5.84. The Morgan fingerprint density at radius 1 is 0.840 bits per heavy atom. The summed E-state index contributed by atoms with van der Waals surface area (Å²) in [6.07, 6.45) is 0.593. The highest BCUT2D eigenvalue weighted by atomic mass is 19.1. The van der Waals surface area contributed by atoms with Crippen molar-refractivity contribution in [3.63, 3.8) is 0 Å². The number of hydrogen-bond acceptors (Lipinski definition) is 3. The molecule has 25 heavy (non-hydrogen) atoms. The molecule has 2 rings (SSSR count). The number of aliphatic hydroxyl groups is 1. The molecule has 2 N–H and O–H groups in total. The van der Waals surface area contributed by atoms with Crippen LogP contribution in [0.15, 0.2) is 60.4 Å². The van der Waals surface area contributed by atoms with Crippen molar-refractivity contribution < 1.29 is 28.6 Å². The summed E-state index contributed by atoms with van der Waals surface area (Å²) in [4.78, 5) is 24.2. The van der Waals surface area contributed by atoms with Crippen molar-refractivity contribution in [1.29, 1.82) is 0 Å². The van der Waals surface area contributed by atoms with Gasteiger partial charge in [0.15, 0.2) is 0 Å². The SMILES string of the molecule is O=C(O)C(O)=CC(=O)N(Cc1ccc(F)cc1)Cc1ccc(F)cc1. The molecular weight excluding hydrogens is 332 g/mol. The van der Waals surface area contributed by atoms with Gasteiger partial charge in [0.25, 0.3) is 5.91 Å².